The fraction of sp³-hybridized carbons (Fsp3) is 0.556. The third-order valence-corrected chi connectivity index (χ3v) is 4.03. The van der Waals surface area contributed by atoms with Crippen LogP contribution in [0, 0.1) is 5.41 Å². The molecule has 0 bridgehead atoms. The normalized spacial score (nSPS) is 21.5. The number of halogens is 1. The van der Waals surface area contributed by atoms with Gasteiger partial charge in [-0.2, -0.15) is 0 Å². The molecule has 1 saturated carbocycles. The first kappa shape index (κ1) is 9.46. The second-order valence-corrected chi connectivity index (χ2v) is 5.36. The van der Waals surface area contributed by atoms with Gasteiger partial charge in [-0.05, 0) is 25.0 Å². The van der Waals surface area contributed by atoms with E-state index in [4.69, 9.17) is 17.3 Å². The fourth-order valence-electron chi connectivity index (χ4n) is 1.53. The topological polar surface area (TPSA) is 46.2 Å². The van der Waals surface area contributed by atoms with Crippen molar-refractivity contribution >= 4 is 22.9 Å². The smallest absolute Gasteiger partial charge is 0.0950 e. The maximum atomic E-state index is 10.00. The molecule has 1 aliphatic rings. The van der Waals surface area contributed by atoms with Gasteiger partial charge in [0.25, 0.3) is 0 Å². The molecule has 0 amide bonds. The lowest BCUT2D eigenvalue weighted by molar-refractivity contribution is 0.101. The van der Waals surface area contributed by atoms with E-state index in [1.165, 1.54) is 11.3 Å². The van der Waals surface area contributed by atoms with Crippen molar-refractivity contribution in [3.05, 3.63) is 21.3 Å². The average molecular weight is 218 g/mol. The molecule has 1 atom stereocenters. The van der Waals surface area contributed by atoms with Crippen LogP contribution in [0.15, 0.2) is 12.1 Å². The summed E-state index contributed by atoms with van der Waals surface area (Å²) in [5.74, 6) is 0. The lowest BCUT2D eigenvalue weighted by atomic mass is 9.98. The Morgan fingerprint density at radius 1 is 1.62 bits per heavy atom. The summed E-state index contributed by atoms with van der Waals surface area (Å²) in [6.45, 7) is 0.559. The van der Waals surface area contributed by atoms with E-state index < -0.39 is 6.10 Å². The van der Waals surface area contributed by atoms with Gasteiger partial charge in [-0.25, -0.2) is 0 Å². The highest BCUT2D eigenvalue weighted by Crippen LogP contribution is 2.55. The van der Waals surface area contributed by atoms with Crippen LogP contribution in [0.3, 0.4) is 0 Å². The number of hydrogen-bond donors (Lipinski definition) is 2. The molecule has 2 nitrogen and oxygen atoms in total. The minimum Gasteiger partial charge on any atom is -0.387 e. The maximum Gasteiger partial charge on any atom is 0.0950 e. The Bertz CT molecular complexity index is 308. The summed E-state index contributed by atoms with van der Waals surface area (Å²) >= 11 is 7.23. The molecule has 0 saturated heterocycles. The molecule has 0 aliphatic heterocycles. The van der Waals surface area contributed by atoms with Crippen molar-refractivity contribution in [2.45, 2.75) is 18.9 Å². The summed E-state index contributed by atoms with van der Waals surface area (Å²) in [4.78, 5) is 0.938. The molecular formula is C9H12ClNOS. The van der Waals surface area contributed by atoms with Crippen LogP contribution < -0.4 is 5.73 Å². The molecule has 1 aromatic rings. The van der Waals surface area contributed by atoms with Gasteiger partial charge in [0.1, 0.15) is 0 Å². The maximum absolute atomic E-state index is 10.00. The second kappa shape index (κ2) is 3.24. The van der Waals surface area contributed by atoms with Crippen LogP contribution in [0.25, 0.3) is 0 Å². The molecule has 1 aromatic heterocycles. The van der Waals surface area contributed by atoms with Crippen molar-refractivity contribution in [3.63, 3.8) is 0 Å². The van der Waals surface area contributed by atoms with E-state index in [-0.39, 0.29) is 5.41 Å². The third kappa shape index (κ3) is 1.62. The van der Waals surface area contributed by atoms with Crippen molar-refractivity contribution in [3.8, 4) is 0 Å². The van der Waals surface area contributed by atoms with Crippen LogP contribution in [0.5, 0.6) is 0 Å². The minimum absolute atomic E-state index is 0.0474. The Morgan fingerprint density at radius 2 is 2.31 bits per heavy atom. The first-order chi connectivity index (χ1) is 6.18. The van der Waals surface area contributed by atoms with Crippen LogP contribution in [0.4, 0.5) is 0 Å². The summed E-state index contributed by atoms with van der Waals surface area (Å²) in [6.07, 6.45) is 1.63. The van der Waals surface area contributed by atoms with Gasteiger partial charge in [0.2, 0.25) is 0 Å². The van der Waals surface area contributed by atoms with Gasteiger partial charge in [-0.15, -0.1) is 11.3 Å². The van der Waals surface area contributed by atoms with E-state index in [1.54, 1.807) is 0 Å². The molecule has 1 unspecified atom stereocenters. The molecule has 0 radical (unpaired) electrons. The minimum atomic E-state index is -0.421. The summed E-state index contributed by atoms with van der Waals surface area (Å²) in [6, 6.07) is 3.70. The Morgan fingerprint density at radius 3 is 2.69 bits per heavy atom. The average Bonchev–Trinajstić information content (AvgIpc) is 2.82. The van der Waals surface area contributed by atoms with Gasteiger partial charge < -0.3 is 10.8 Å². The predicted octanol–water partition coefficient (Wildman–Crippen LogP) is 2.17. The van der Waals surface area contributed by atoms with Gasteiger partial charge in [0.05, 0.1) is 10.4 Å². The molecule has 3 N–H and O–H groups in total. The highest BCUT2D eigenvalue weighted by Gasteiger charge is 2.48. The van der Waals surface area contributed by atoms with E-state index in [9.17, 15) is 5.11 Å². The quantitative estimate of drug-likeness (QED) is 0.815. The number of hydrogen-bond acceptors (Lipinski definition) is 3. The molecule has 2 rings (SSSR count). The van der Waals surface area contributed by atoms with Crippen molar-refractivity contribution in [1.29, 1.82) is 0 Å². The molecule has 72 valence electrons. The summed E-state index contributed by atoms with van der Waals surface area (Å²) < 4.78 is 0.724. The van der Waals surface area contributed by atoms with Crippen molar-refractivity contribution in [2.24, 2.45) is 11.1 Å². The molecule has 1 heterocycles. The lowest BCUT2D eigenvalue weighted by Gasteiger charge is -2.18. The summed E-state index contributed by atoms with van der Waals surface area (Å²) in [5, 5.41) is 10.00. The van der Waals surface area contributed by atoms with Gasteiger partial charge in [-0.3, -0.25) is 0 Å². The largest absolute Gasteiger partial charge is 0.387 e. The Labute approximate surface area is 86.3 Å². The predicted molar refractivity (Wildman–Crippen MR) is 55.0 cm³/mol. The Balaban J connectivity index is 2.17. The van der Waals surface area contributed by atoms with E-state index >= 15 is 0 Å². The van der Waals surface area contributed by atoms with Crippen LogP contribution in [-0.4, -0.2) is 11.7 Å². The van der Waals surface area contributed by atoms with Gasteiger partial charge in [0.15, 0.2) is 0 Å². The number of thiophene rings is 1. The van der Waals surface area contributed by atoms with Gasteiger partial charge >= 0.3 is 0 Å². The SMILES string of the molecule is NCC1(C(O)c2ccc(Cl)s2)CC1. The summed E-state index contributed by atoms with van der Waals surface area (Å²) in [5.41, 5.74) is 5.58. The fourth-order valence-corrected chi connectivity index (χ4v) is 2.72. The first-order valence-corrected chi connectivity index (χ1v) is 5.51. The molecule has 13 heavy (non-hydrogen) atoms. The molecular weight excluding hydrogens is 206 g/mol. The third-order valence-electron chi connectivity index (χ3n) is 2.74. The Hall–Kier alpha value is -0.0900. The van der Waals surface area contributed by atoms with E-state index in [0.717, 1.165) is 22.1 Å². The Kier molecular flexibility index (Phi) is 2.36. The standard InChI is InChI=1S/C9H12ClNOS/c10-7-2-1-6(13-7)8(12)9(5-11)3-4-9/h1-2,8,12H,3-5,11H2. The van der Waals surface area contributed by atoms with Gasteiger partial charge in [0, 0.05) is 16.8 Å². The monoisotopic (exact) mass is 217 g/mol. The molecule has 1 fully saturated rings. The van der Waals surface area contributed by atoms with Gasteiger partial charge in [-0.1, -0.05) is 11.6 Å². The molecule has 0 spiro atoms. The van der Waals surface area contributed by atoms with Crippen LogP contribution >= 0.6 is 22.9 Å². The van der Waals surface area contributed by atoms with Crippen LogP contribution in [-0.2, 0) is 0 Å². The van der Waals surface area contributed by atoms with Crippen molar-refractivity contribution in [1.82, 2.24) is 0 Å². The molecule has 4 heteroatoms. The van der Waals surface area contributed by atoms with E-state index in [2.05, 4.69) is 0 Å². The number of aliphatic hydroxyl groups is 1. The zero-order chi connectivity index (χ0) is 9.47. The van der Waals surface area contributed by atoms with Crippen LogP contribution in [0.1, 0.15) is 23.8 Å². The zero-order valence-corrected chi connectivity index (χ0v) is 8.74. The first-order valence-electron chi connectivity index (χ1n) is 4.31. The zero-order valence-electron chi connectivity index (χ0n) is 7.16. The number of rotatable bonds is 3. The van der Waals surface area contributed by atoms with Crippen molar-refractivity contribution in [2.75, 3.05) is 6.54 Å². The molecule has 1 aliphatic carbocycles. The van der Waals surface area contributed by atoms with Crippen LogP contribution in [0.2, 0.25) is 4.34 Å². The molecule has 0 aromatic carbocycles. The van der Waals surface area contributed by atoms with E-state index in [1.807, 2.05) is 12.1 Å². The van der Waals surface area contributed by atoms with E-state index in [0.29, 0.717) is 6.54 Å². The summed E-state index contributed by atoms with van der Waals surface area (Å²) in [7, 11) is 0. The highest BCUT2D eigenvalue weighted by atomic mass is 35.5. The second-order valence-electron chi connectivity index (χ2n) is 3.61. The highest BCUT2D eigenvalue weighted by molar-refractivity contribution is 7.16. The number of aliphatic hydroxyl groups excluding tert-OH is 1. The lowest BCUT2D eigenvalue weighted by Crippen LogP contribution is -2.22. The number of nitrogens with two attached hydrogens (primary N) is 1. The van der Waals surface area contributed by atoms with Crippen molar-refractivity contribution < 1.29 is 5.11 Å².